The molecule has 0 saturated heterocycles. The zero-order chi connectivity index (χ0) is 17.7. The minimum atomic E-state index is -4.64. The first kappa shape index (κ1) is 18.7. The summed E-state index contributed by atoms with van der Waals surface area (Å²) in [4.78, 5) is 12.2. The maximum Gasteiger partial charge on any atom is 0.341 e. The highest BCUT2D eigenvalue weighted by atomic mass is 35.5. The third-order valence-corrected chi connectivity index (χ3v) is 5.49. The molecule has 9 heteroatoms. The summed E-state index contributed by atoms with van der Waals surface area (Å²) in [5, 5.41) is 3.13. The van der Waals surface area contributed by atoms with Gasteiger partial charge in [0.15, 0.2) is 0 Å². The third-order valence-electron chi connectivity index (χ3n) is 2.87. The molecule has 0 aliphatic carbocycles. The van der Waals surface area contributed by atoms with Crippen LogP contribution in [0.4, 0.5) is 14.5 Å². The SMILES string of the molecule is O=C(CSc1cccc(Cl)c1)Nc1ccc(S(=O)(=O)C(F)F)cc1. The fourth-order valence-corrected chi connectivity index (χ4v) is 3.46. The quantitative estimate of drug-likeness (QED) is 0.754. The van der Waals surface area contributed by atoms with Crippen molar-refractivity contribution >= 4 is 44.8 Å². The predicted molar refractivity (Wildman–Crippen MR) is 90.4 cm³/mol. The Hall–Kier alpha value is -1.64. The number of amides is 1. The largest absolute Gasteiger partial charge is 0.341 e. The molecule has 0 aliphatic heterocycles. The molecule has 0 unspecified atom stereocenters. The number of carbonyl (C=O) groups excluding carboxylic acids is 1. The third kappa shape index (κ3) is 4.93. The predicted octanol–water partition coefficient (Wildman–Crippen LogP) is 4.07. The molecule has 0 bridgehead atoms. The minimum absolute atomic E-state index is 0.122. The second-order valence-electron chi connectivity index (χ2n) is 4.62. The van der Waals surface area contributed by atoms with Gasteiger partial charge in [-0.25, -0.2) is 8.42 Å². The highest BCUT2D eigenvalue weighted by molar-refractivity contribution is 8.00. The lowest BCUT2D eigenvalue weighted by Crippen LogP contribution is -2.14. The molecule has 0 fully saturated rings. The monoisotopic (exact) mass is 391 g/mol. The first-order valence-corrected chi connectivity index (χ1v) is 9.50. The molecule has 4 nitrogen and oxygen atoms in total. The second kappa shape index (κ2) is 7.96. The first-order chi connectivity index (χ1) is 11.3. The van der Waals surface area contributed by atoms with Crippen LogP contribution < -0.4 is 5.32 Å². The van der Waals surface area contributed by atoms with Crippen molar-refractivity contribution in [1.82, 2.24) is 0 Å². The van der Waals surface area contributed by atoms with Crippen molar-refractivity contribution in [1.29, 1.82) is 0 Å². The fraction of sp³-hybridized carbons (Fsp3) is 0.133. The smallest absolute Gasteiger partial charge is 0.325 e. The number of hydrogen-bond acceptors (Lipinski definition) is 4. The van der Waals surface area contributed by atoms with E-state index in [2.05, 4.69) is 5.32 Å². The van der Waals surface area contributed by atoms with E-state index in [0.29, 0.717) is 10.7 Å². The Balaban J connectivity index is 1.95. The maximum absolute atomic E-state index is 12.4. The molecule has 0 saturated carbocycles. The molecule has 1 N–H and O–H groups in total. The van der Waals surface area contributed by atoms with Crippen molar-refractivity contribution in [3.8, 4) is 0 Å². The summed E-state index contributed by atoms with van der Waals surface area (Å²) in [6, 6.07) is 11.6. The average molecular weight is 392 g/mol. The Labute approximate surface area is 147 Å². The summed E-state index contributed by atoms with van der Waals surface area (Å²) in [7, 11) is -4.64. The van der Waals surface area contributed by atoms with Gasteiger partial charge in [-0.2, -0.15) is 8.78 Å². The summed E-state index contributed by atoms with van der Waals surface area (Å²) in [5.74, 6) is -3.67. The molecule has 24 heavy (non-hydrogen) atoms. The van der Waals surface area contributed by atoms with E-state index in [0.717, 1.165) is 17.0 Å². The summed E-state index contributed by atoms with van der Waals surface area (Å²) in [6.07, 6.45) is 0. The molecule has 128 valence electrons. The number of rotatable bonds is 6. The van der Waals surface area contributed by atoms with Gasteiger partial charge in [0.2, 0.25) is 15.7 Å². The van der Waals surface area contributed by atoms with Gasteiger partial charge in [-0.1, -0.05) is 17.7 Å². The first-order valence-electron chi connectivity index (χ1n) is 6.59. The summed E-state index contributed by atoms with van der Waals surface area (Å²) in [6.45, 7) is 0. The molecule has 2 rings (SSSR count). The van der Waals surface area contributed by atoms with E-state index in [1.807, 2.05) is 6.07 Å². The highest BCUT2D eigenvalue weighted by Gasteiger charge is 2.26. The molecule has 2 aromatic carbocycles. The summed E-state index contributed by atoms with van der Waals surface area (Å²) < 4.78 is 47.5. The number of sulfone groups is 1. The van der Waals surface area contributed by atoms with Gasteiger partial charge in [-0.15, -0.1) is 11.8 Å². The lowest BCUT2D eigenvalue weighted by atomic mass is 10.3. The van der Waals surface area contributed by atoms with E-state index in [1.54, 1.807) is 18.2 Å². The molecule has 2 aromatic rings. The van der Waals surface area contributed by atoms with Crippen LogP contribution in [-0.2, 0) is 14.6 Å². The van der Waals surface area contributed by atoms with Crippen LogP contribution in [0.3, 0.4) is 0 Å². The molecular formula is C15H12ClF2NO3S2. The van der Waals surface area contributed by atoms with Gasteiger partial charge in [-0.3, -0.25) is 4.79 Å². The number of alkyl halides is 2. The molecular weight excluding hydrogens is 380 g/mol. The van der Waals surface area contributed by atoms with Crippen LogP contribution in [0.15, 0.2) is 58.3 Å². The Morgan fingerprint density at radius 3 is 2.42 bits per heavy atom. The second-order valence-corrected chi connectivity index (χ2v) is 8.03. The topological polar surface area (TPSA) is 63.2 Å². The molecule has 0 atom stereocenters. The van der Waals surface area contributed by atoms with E-state index in [9.17, 15) is 22.0 Å². The van der Waals surface area contributed by atoms with E-state index in [4.69, 9.17) is 11.6 Å². The van der Waals surface area contributed by atoms with Gasteiger partial charge in [0.1, 0.15) is 0 Å². The number of halogens is 3. The van der Waals surface area contributed by atoms with Crippen molar-refractivity contribution in [3.63, 3.8) is 0 Å². The van der Waals surface area contributed by atoms with Gasteiger partial charge >= 0.3 is 5.76 Å². The van der Waals surface area contributed by atoms with Crippen molar-refractivity contribution in [2.45, 2.75) is 15.5 Å². The van der Waals surface area contributed by atoms with Crippen molar-refractivity contribution in [2.75, 3.05) is 11.1 Å². The lowest BCUT2D eigenvalue weighted by Gasteiger charge is -2.07. The number of carbonyl (C=O) groups is 1. The van der Waals surface area contributed by atoms with Crippen molar-refractivity contribution < 1.29 is 22.0 Å². The Morgan fingerprint density at radius 2 is 1.83 bits per heavy atom. The van der Waals surface area contributed by atoms with E-state index in [1.165, 1.54) is 23.9 Å². The number of hydrogen-bond donors (Lipinski definition) is 1. The Kier molecular flexibility index (Phi) is 6.20. The lowest BCUT2D eigenvalue weighted by molar-refractivity contribution is -0.113. The zero-order valence-corrected chi connectivity index (χ0v) is 14.5. The Morgan fingerprint density at radius 1 is 1.17 bits per heavy atom. The highest BCUT2D eigenvalue weighted by Crippen LogP contribution is 2.23. The molecule has 0 radical (unpaired) electrons. The van der Waals surface area contributed by atoms with E-state index >= 15 is 0 Å². The average Bonchev–Trinajstić information content (AvgIpc) is 2.53. The number of anilines is 1. The van der Waals surface area contributed by atoms with Crippen molar-refractivity contribution in [2.24, 2.45) is 0 Å². The molecule has 0 aromatic heterocycles. The van der Waals surface area contributed by atoms with Crippen LogP contribution in [0.5, 0.6) is 0 Å². The molecule has 1 amide bonds. The van der Waals surface area contributed by atoms with Crippen LogP contribution in [0.25, 0.3) is 0 Å². The van der Waals surface area contributed by atoms with Gasteiger partial charge in [0.25, 0.3) is 0 Å². The number of nitrogens with one attached hydrogen (secondary N) is 1. The Bertz CT molecular complexity index is 827. The van der Waals surface area contributed by atoms with Crippen LogP contribution in [-0.4, -0.2) is 25.8 Å². The summed E-state index contributed by atoms with van der Waals surface area (Å²) >= 11 is 7.13. The van der Waals surface area contributed by atoms with E-state index < -0.39 is 20.5 Å². The number of benzene rings is 2. The zero-order valence-electron chi connectivity index (χ0n) is 12.1. The van der Waals surface area contributed by atoms with Crippen molar-refractivity contribution in [3.05, 3.63) is 53.6 Å². The molecule has 0 spiro atoms. The van der Waals surface area contributed by atoms with Gasteiger partial charge < -0.3 is 5.32 Å². The van der Waals surface area contributed by atoms with Crippen LogP contribution >= 0.6 is 23.4 Å². The van der Waals surface area contributed by atoms with Crippen LogP contribution in [0.2, 0.25) is 5.02 Å². The fourth-order valence-electron chi connectivity index (χ4n) is 1.73. The van der Waals surface area contributed by atoms with Gasteiger partial charge in [-0.05, 0) is 42.5 Å². The number of thioether (sulfide) groups is 1. The summed E-state index contributed by atoms with van der Waals surface area (Å²) in [5.41, 5.74) is 0.319. The van der Waals surface area contributed by atoms with E-state index in [-0.39, 0.29) is 11.7 Å². The van der Waals surface area contributed by atoms with Gasteiger partial charge in [0.05, 0.1) is 10.6 Å². The van der Waals surface area contributed by atoms with Gasteiger partial charge in [0, 0.05) is 15.6 Å². The van der Waals surface area contributed by atoms with Crippen LogP contribution in [0, 0.1) is 0 Å². The van der Waals surface area contributed by atoms with Crippen LogP contribution in [0.1, 0.15) is 0 Å². The molecule has 0 heterocycles. The minimum Gasteiger partial charge on any atom is -0.325 e. The standard InChI is InChI=1S/C15H12ClF2NO3S2/c16-10-2-1-3-12(8-10)23-9-14(20)19-11-4-6-13(7-5-11)24(21,22)15(17)18/h1-8,15H,9H2,(H,19,20). The maximum atomic E-state index is 12.4. The normalized spacial score (nSPS) is 11.5. The molecule has 0 aliphatic rings.